The highest BCUT2D eigenvalue weighted by Crippen LogP contribution is 2.30. The Hall–Kier alpha value is -1.38. The van der Waals surface area contributed by atoms with Crippen molar-refractivity contribution in [2.45, 2.75) is 38.5 Å². The number of hydrogen-bond acceptors (Lipinski definition) is 2. The lowest BCUT2D eigenvalue weighted by Crippen LogP contribution is -2.06. The van der Waals surface area contributed by atoms with Crippen molar-refractivity contribution in [2.75, 3.05) is 7.11 Å². The van der Waals surface area contributed by atoms with Crippen LogP contribution < -0.4 is 4.74 Å². The molecule has 2 nitrogen and oxygen atoms in total. The maximum Gasteiger partial charge on any atom is 0.166 e. The number of ether oxygens (including phenoxy) is 1. The number of rotatable bonds is 5. The molecule has 2 rings (SSSR count). The molecular weight excluding hydrogens is 231 g/mol. The van der Waals surface area contributed by atoms with E-state index in [-0.39, 0.29) is 11.5 Å². The quantitative estimate of drug-likeness (QED) is 0.739. The van der Waals surface area contributed by atoms with E-state index < -0.39 is 5.82 Å². The van der Waals surface area contributed by atoms with Crippen LogP contribution in [0.3, 0.4) is 0 Å². The summed E-state index contributed by atoms with van der Waals surface area (Å²) in [4.78, 5) is 12.1. The number of hydrogen-bond donors (Lipinski definition) is 0. The number of carbonyl (C=O) groups is 1. The molecule has 98 valence electrons. The summed E-state index contributed by atoms with van der Waals surface area (Å²) in [5.74, 6) is 0.268. The second kappa shape index (κ2) is 5.98. The third kappa shape index (κ3) is 2.89. The first kappa shape index (κ1) is 13.1. The summed E-state index contributed by atoms with van der Waals surface area (Å²) in [6, 6.07) is 4.51. The number of halogens is 1. The standard InChI is InChI=1S/C15H19FO2/c1-18-15-12(7-4-8-13(15)16)14(17)10-9-11-5-2-3-6-11/h4,7-8,11H,2-3,5-6,9-10H2,1H3. The third-order valence-electron chi connectivity index (χ3n) is 3.73. The Morgan fingerprint density at radius 2 is 2.11 bits per heavy atom. The van der Waals surface area contributed by atoms with Crippen LogP contribution in [0.5, 0.6) is 5.75 Å². The lowest BCUT2D eigenvalue weighted by atomic mass is 9.97. The molecule has 0 heterocycles. The second-order valence-corrected chi connectivity index (χ2v) is 4.93. The molecule has 0 aromatic heterocycles. The molecule has 1 aromatic carbocycles. The maximum absolute atomic E-state index is 13.5. The van der Waals surface area contributed by atoms with Crippen molar-refractivity contribution < 1.29 is 13.9 Å². The van der Waals surface area contributed by atoms with Crippen LogP contribution in [0.1, 0.15) is 48.9 Å². The van der Waals surface area contributed by atoms with Crippen molar-refractivity contribution in [3.05, 3.63) is 29.6 Å². The van der Waals surface area contributed by atoms with E-state index in [9.17, 15) is 9.18 Å². The Labute approximate surface area is 107 Å². The van der Waals surface area contributed by atoms with Crippen LogP contribution in [-0.2, 0) is 0 Å². The van der Waals surface area contributed by atoms with Crippen molar-refractivity contribution in [1.82, 2.24) is 0 Å². The second-order valence-electron chi connectivity index (χ2n) is 4.93. The zero-order valence-electron chi connectivity index (χ0n) is 10.7. The van der Waals surface area contributed by atoms with Gasteiger partial charge in [-0.2, -0.15) is 0 Å². The van der Waals surface area contributed by atoms with Crippen molar-refractivity contribution in [3.8, 4) is 5.75 Å². The van der Waals surface area contributed by atoms with Gasteiger partial charge in [0.2, 0.25) is 0 Å². The summed E-state index contributed by atoms with van der Waals surface area (Å²) < 4.78 is 18.4. The highest BCUT2D eigenvalue weighted by molar-refractivity contribution is 5.98. The van der Waals surface area contributed by atoms with E-state index >= 15 is 0 Å². The monoisotopic (exact) mass is 250 g/mol. The first-order valence-electron chi connectivity index (χ1n) is 6.58. The molecule has 1 aromatic rings. The summed E-state index contributed by atoms with van der Waals surface area (Å²) >= 11 is 0. The fourth-order valence-electron chi connectivity index (χ4n) is 2.70. The minimum absolute atomic E-state index is 0.0155. The molecule has 3 heteroatoms. The smallest absolute Gasteiger partial charge is 0.166 e. The Bertz CT molecular complexity index is 423. The van der Waals surface area contributed by atoms with Crippen LogP contribution in [0.2, 0.25) is 0 Å². The van der Waals surface area contributed by atoms with Gasteiger partial charge in [0.1, 0.15) is 0 Å². The van der Waals surface area contributed by atoms with Crippen LogP contribution in [0.4, 0.5) is 4.39 Å². The number of methoxy groups -OCH3 is 1. The zero-order chi connectivity index (χ0) is 13.0. The molecule has 0 bridgehead atoms. The number of para-hydroxylation sites is 1. The van der Waals surface area contributed by atoms with E-state index in [1.54, 1.807) is 12.1 Å². The predicted molar refractivity (Wildman–Crippen MR) is 68.5 cm³/mol. The van der Waals surface area contributed by atoms with Gasteiger partial charge in [-0.1, -0.05) is 31.7 Å². The van der Waals surface area contributed by atoms with Crippen LogP contribution in [-0.4, -0.2) is 12.9 Å². The Morgan fingerprint density at radius 1 is 1.39 bits per heavy atom. The molecule has 1 fully saturated rings. The molecule has 0 amide bonds. The minimum atomic E-state index is -0.468. The molecule has 0 atom stereocenters. The van der Waals surface area contributed by atoms with Gasteiger partial charge in [-0.05, 0) is 24.5 Å². The van der Waals surface area contributed by atoms with Crippen LogP contribution in [0, 0.1) is 11.7 Å². The molecule has 1 saturated carbocycles. The Balaban J connectivity index is 2.01. The molecule has 1 aliphatic rings. The third-order valence-corrected chi connectivity index (χ3v) is 3.73. The SMILES string of the molecule is COc1c(F)cccc1C(=O)CCC1CCCC1. The molecule has 0 saturated heterocycles. The van der Waals surface area contributed by atoms with E-state index in [0.717, 1.165) is 6.42 Å². The number of benzene rings is 1. The largest absolute Gasteiger partial charge is 0.493 e. The average Bonchev–Trinajstić information content (AvgIpc) is 2.88. The van der Waals surface area contributed by atoms with Gasteiger partial charge in [-0.3, -0.25) is 4.79 Å². The number of Topliss-reactive ketones (excluding diaryl/α,β-unsaturated/α-hetero) is 1. The summed E-state index contributed by atoms with van der Waals surface area (Å²) in [5.41, 5.74) is 0.371. The van der Waals surface area contributed by atoms with Crippen LogP contribution in [0.25, 0.3) is 0 Å². The van der Waals surface area contributed by atoms with E-state index in [1.807, 2.05) is 0 Å². The van der Waals surface area contributed by atoms with Gasteiger partial charge < -0.3 is 4.74 Å². The van der Waals surface area contributed by atoms with Gasteiger partial charge in [0.05, 0.1) is 12.7 Å². The fraction of sp³-hybridized carbons (Fsp3) is 0.533. The fourth-order valence-corrected chi connectivity index (χ4v) is 2.70. The summed E-state index contributed by atoms with van der Waals surface area (Å²) in [6.07, 6.45) is 6.42. The Morgan fingerprint density at radius 3 is 2.78 bits per heavy atom. The summed E-state index contributed by atoms with van der Waals surface area (Å²) in [5, 5.41) is 0. The van der Waals surface area contributed by atoms with E-state index in [2.05, 4.69) is 0 Å². The van der Waals surface area contributed by atoms with Crippen LogP contribution in [0.15, 0.2) is 18.2 Å². The van der Waals surface area contributed by atoms with E-state index in [4.69, 9.17) is 4.74 Å². The normalized spacial score (nSPS) is 15.9. The average molecular weight is 250 g/mol. The van der Waals surface area contributed by atoms with Crippen molar-refractivity contribution >= 4 is 5.78 Å². The van der Waals surface area contributed by atoms with Gasteiger partial charge in [0.25, 0.3) is 0 Å². The van der Waals surface area contributed by atoms with Crippen molar-refractivity contribution in [2.24, 2.45) is 5.92 Å². The van der Waals surface area contributed by atoms with Gasteiger partial charge in [-0.15, -0.1) is 0 Å². The molecule has 18 heavy (non-hydrogen) atoms. The number of ketones is 1. The molecule has 0 N–H and O–H groups in total. The van der Waals surface area contributed by atoms with E-state index in [0.29, 0.717) is 17.9 Å². The van der Waals surface area contributed by atoms with E-state index in [1.165, 1.54) is 38.9 Å². The lowest BCUT2D eigenvalue weighted by molar-refractivity contribution is 0.0970. The Kier molecular flexibility index (Phi) is 4.34. The molecule has 0 spiro atoms. The predicted octanol–water partition coefficient (Wildman–Crippen LogP) is 3.99. The zero-order valence-corrected chi connectivity index (χ0v) is 10.7. The maximum atomic E-state index is 13.5. The first-order chi connectivity index (χ1) is 8.72. The number of carbonyl (C=O) groups excluding carboxylic acids is 1. The summed E-state index contributed by atoms with van der Waals surface area (Å²) in [7, 11) is 1.40. The minimum Gasteiger partial charge on any atom is -0.493 e. The molecular formula is C15H19FO2. The molecule has 0 aliphatic heterocycles. The molecule has 0 unspecified atom stereocenters. The molecule has 1 aliphatic carbocycles. The van der Waals surface area contributed by atoms with Crippen LogP contribution >= 0.6 is 0 Å². The van der Waals surface area contributed by atoms with Gasteiger partial charge in [-0.25, -0.2) is 4.39 Å². The highest BCUT2D eigenvalue weighted by Gasteiger charge is 2.19. The topological polar surface area (TPSA) is 26.3 Å². The van der Waals surface area contributed by atoms with Crippen molar-refractivity contribution in [1.29, 1.82) is 0 Å². The van der Waals surface area contributed by atoms with Gasteiger partial charge in [0, 0.05) is 6.42 Å². The summed E-state index contributed by atoms with van der Waals surface area (Å²) in [6.45, 7) is 0. The highest BCUT2D eigenvalue weighted by atomic mass is 19.1. The van der Waals surface area contributed by atoms with Gasteiger partial charge >= 0.3 is 0 Å². The lowest BCUT2D eigenvalue weighted by Gasteiger charge is -2.10. The van der Waals surface area contributed by atoms with Gasteiger partial charge in [0.15, 0.2) is 17.3 Å². The first-order valence-corrected chi connectivity index (χ1v) is 6.58. The molecule has 0 radical (unpaired) electrons. The van der Waals surface area contributed by atoms with Crippen molar-refractivity contribution in [3.63, 3.8) is 0 Å².